The molecule has 0 bridgehead atoms. The number of benzene rings is 2. The van der Waals surface area contributed by atoms with Crippen molar-refractivity contribution in [3.05, 3.63) is 60.2 Å². The van der Waals surface area contributed by atoms with E-state index in [0.29, 0.717) is 5.69 Å². The van der Waals surface area contributed by atoms with Gasteiger partial charge in [0.1, 0.15) is 0 Å². The summed E-state index contributed by atoms with van der Waals surface area (Å²) >= 11 is 0. The van der Waals surface area contributed by atoms with Gasteiger partial charge in [-0.2, -0.15) is 0 Å². The van der Waals surface area contributed by atoms with E-state index in [1.807, 2.05) is 18.2 Å². The highest BCUT2D eigenvalue weighted by Gasteiger charge is 2.20. The first-order valence-electron chi connectivity index (χ1n) is 8.80. The lowest BCUT2D eigenvalue weighted by Crippen LogP contribution is -2.50. The van der Waals surface area contributed by atoms with E-state index in [-0.39, 0.29) is 12.5 Å². The molecule has 6 heteroatoms. The summed E-state index contributed by atoms with van der Waals surface area (Å²) < 4.78 is 0. The van der Waals surface area contributed by atoms with E-state index in [0.717, 1.165) is 26.2 Å². The summed E-state index contributed by atoms with van der Waals surface area (Å²) in [5.41, 5.74) is 3.12. The summed E-state index contributed by atoms with van der Waals surface area (Å²) in [5, 5.41) is 5.03. The van der Waals surface area contributed by atoms with Gasteiger partial charge in [0.25, 0.3) is 0 Å². The Morgan fingerprint density at radius 2 is 1.69 bits per heavy atom. The standard InChI is InChI=1S/C20H24N4O2/c1-16-6-5-9-18(14-16)24-12-10-23(11-13-24)15-19(25)22-20(26)21-17-7-3-2-4-8-17/h2-9,14H,10-13,15H2,1H3,(H2,21,22,25,26). The van der Waals surface area contributed by atoms with Crippen LogP contribution in [0, 0.1) is 6.92 Å². The molecule has 1 heterocycles. The Hall–Kier alpha value is -2.86. The van der Waals surface area contributed by atoms with E-state index < -0.39 is 6.03 Å². The first-order chi connectivity index (χ1) is 12.6. The summed E-state index contributed by atoms with van der Waals surface area (Å²) in [7, 11) is 0. The molecule has 1 aliphatic rings. The Balaban J connectivity index is 1.42. The van der Waals surface area contributed by atoms with Crippen molar-refractivity contribution in [2.75, 3.05) is 42.9 Å². The van der Waals surface area contributed by atoms with Gasteiger partial charge in [-0.25, -0.2) is 4.79 Å². The van der Waals surface area contributed by atoms with Crippen molar-refractivity contribution in [3.8, 4) is 0 Å². The summed E-state index contributed by atoms with van der Waals surface area (Å²) in [6.07, 6.45) is 0. The fourth-order valence-electron chi connectivity index (χ4n) is 3.04. The van der Waals surface area contributed by atoms with Gasteiger partial charge in [-0.3, -0.25) is 15.0 Å². The van der Waals surface area contributed by atoms with Crippen LogP contribution in [0.1, 0.15) is 5.56 Å². The molecule has 2 aromatic rings. The number of carbonyl (C=O) groups excluding carboxylic acids is 2. The van der Waals surface area contributed by atoms with E-state index in [9.17, 15) is 9.59 Å². The second-order valence-electron chi connectivity index (χ2n) is 6.47. The second kappa shape index (κ2) is 8.49. The van der Waals surface area contributed by atoms with Gasteiger partial charge in [0.15, 0.2) is 0 Å². The maximum Gasteiger partial charge on any atom is 0.325 e. The second-order valence-corrected chi connectivity index (χ2v) is 6.47. The number of carbonyl (C=O) groups is 2. The van der Waals surface area contributed by atoms with Crippen molar-refractivity contribution in [2.24, 2.45) is 0 Å². The lowest BCUT2D eigenvalue weighted by Gasteiger charge is -2.35. The summed E-state index contributed by atoms with van der Waals surface area (Å²) in [6.45, 7) is 5.64. The molecule has 26 heavy (non-hydrogen) atoms. The molecular formula is C20H24N4O2. The Labute approximate surface area is 153 Å². The van der Waals surface area contributed by atoms with Crippen molar-refractivity contribution in [1.29, 1.82) is 0 Å². The Morgan fingerprint density at radius 1 is 0.962 bits per heavy atom. The van der Waals surface area contributed by atoms with Gasteiger partial charge in [0, 0.05) is 37.6 Å². The number of nitrogens with one attached hydrogen (secondary N) is 2. The van der Waals surface area contributed by atoms with E-state index in [1.165, 1.54) is 11.3 Å². The minimum absolute atomic E-state index is 0.226. The smallest absolute Gasteiger partial charge is 0.325 e. The molecule has 1 fully saturated rings. The van der Waals surface area contributed by atoms with Crippen LogP contribution >= 0.6 is 0 Å². The van der Waals surface area contributed by atoms with Crippen molar-refractivity contribution < 1.29 is 9.59 Å². The molecule has 0 aliphatic carbocycles. The van der Waals surface area contributed by atoms with Gasteiger partial charge in [-0.1, -0.05) is 30.3 Å². The summed E-state index contributed by atoms with van der Waals surface area (Å²) in [5.74, 6) is -0.289. The van der Waals surface area contributed by atoms with Crippen molar-refractivity contribution in [2.45, 2.75) is 6.92 Å². The quantitative estimate of drug-likeness (QED) is 0.887. The van der Waals surface area contributed by atoms with Crippen molar-refractivity contribution in [3.63, 3.8) is 0 Å². The molecule has 0 spiro atoms. The van der Waals surface area contributed by atoms with Gasteiger partial charge in [-0.15, -0.1) is 0 Å². The summed E-state index contributed by atoms with van der Waals surface area (Å²) in [4.78, 5) is 28.3. The Bertz CT molecular complexity index is 755. The minimum atomic E-state index is -0.500. The average Bonchev–Trinajstić information content (AvgIpc) is 2.63. The van der Waals surface area contributed by atoms with Gasteiger partial charge >= 0.3 is 6.03 Å². The lowest BCUT2D eigenvalue weighted by atomic mass is 10.2. The van der Waals surface area contributed by atoms with Crippen LogP contribution < -0.4 is 15.5 Å². The molecule has 2 aromatic carbocycles. The number of rotatable bonds is 4. The van der Waals surface area contributed by atoms with E-state index >= 15 is 0 Å². The number of anilines is 2. The molecule has 6 nitrogen and oxygen atoms in total. The molecule has 3 amide bonds. The van der Waals surface area contributed by atoms with Crippen LogP contribution in [0.15, 0.2) is 54.6 Å². The third-order valence-electron chi connectivity index (χ3n) is 4.39. The van der Waals surface area contributed by atoms with Gasteiger partial charge < -0.3 is 10.2 Å². The third kappa shape index (κ3) is 5.07. The topological polar surface area (TPSA) is 64.7 Å². The average molecular weight is 352 g/mol. The van der Waals surface area contributed by atoms with Crippen LogP contribution in [-0.4, -0.2) is 49.6 Å². The van der Waals surface area contributed by atoms with Crippen LogP contribution in [0.4, 0.5) is 16.2 Å². The zero-order valence-electron chi connectivity index (χ0n) is 14.9. The van der Waals surface area contributed by atoms with Crippen LogP contribution in [0.5, 0.6) is 0 Å². The monoisotopic (exact) mass is 352 g/mol. The molecule has 0 radical (unpaired) electrons. The highest BCUT2D eigenvalue weighted by atomic mass is 16.2. The largest absolute Gasteiger partial charge is 0.369 e. The first kappa shape index (κ1) is 17.9. The highest BCUT2D eigenvalue weighted by molar-refractivity contribution is 6.01. The van der Waals surface area contributed by atoms with Crippen LogP contribution in [0.25, 0.3) is 0 Å². The molecule has 0 unspecified atom stereocenters. The van der Waals surface area contributed by atoms with Crippen molar-refractivity contribution >= 4 is 23.3 Å². The molecule has 1 aliphatic heterocycles. The van der Waals surface area contributed by atoms with Gasteiger partial charge in [0.2, 0.25) is 5.91 Å². The van der Waals surface area contributed by atoms with Crippen molar-refractivity contribution in [1.82, 2.24) is 10.2 Å². The number of imide groups is 1. The first-order valence-corrected chi connectivity index (χ1v) is 8.80. The Kier molecular flexibility index (Phi) is 5.86. The highest BCUT2D eigenvalue weighted by Crippen LogP contribution is 2.17. The maximum absolute atomic E-state index is 12.1. The zero-order valence-corrected chi connectivity index (χ0v) is 14.9. The molecule has 2 N–H and O–H groups in total. The Morgan fingerprint density at radius 3 is 2.38 bits per heavy atom. The normalized spacial score (nSPS) is 14.7. The number of hydrogen-bond acceptors (Lipinski definition) is 4. The lowest BCUT2D eigenvalue weighted by molar-refractivity contribution is -0.121. The molecule has 0 aromatic heterocycles. The molecule has 0 saturated carbocycles. The van der Waals surface area contributed by atoms with Crippen LogP contribution in [0.2, 0.25) is 0 Å². The van der Waals surface area contributed by atoms with Gasteiger partial charge in [-0.05, 0) is 36.8 Å². The number of aryl methyl sites for hydroxylation is 1. The molecule has 1 saturated heterocycles. The van der Waals surface area contributed by atoms with Crippen LogP contribution in [-0.2, 0) is 4.79 Å². The zero-order chi connectivity index (χ0) is 18.4. The minimum Gasteiger partial charge on any atom is -0.369 e. The fourth-order valence-corrected chi connectivity index (χ4v) is 3.04. The van der Waals surface area contributed by atoms with Gasteiger partial charge in [0.05, 0.1) is 6.54 Å². The number of piperazine rings is 1. The maximum atomic E-state index is 12.1. The predicted octanol–water partition coefficient (Wildman–Crippen LogP) is 2.47. The number of urea groups is 1. The fraction of sp³-hybridized carbons (Fsp3) is 0.300. The molecular weight excluding hydrogens is 328 g/mol. The van der Waals surface area contributed by atoms with E-state index in [2.05, 4.69) is 51.6 Å². The predicted molar refractivity (Wildman–Crippen MR) is 103 cm³/mol. The molecule has 136 valence electrons. The third-order valence-corrected chi connectivity index (χ3v) is 4.39. The molecule has 3 rings (SSSR count). The molecule has 0 atom stereocenters. The number of hydrogen-bond donors (Lipinski definition) is 2. The number of para-hydroxylation sites is 1. The van der Waals surface area contributed by atoms with E-state index in [4.69, 9.17) is 0 Å². The van der Waals surface area contributed by atoms with Crippen LogP contribution in [0.3, 0.4) is 0 Å². The SMILES string of the molecule is Cc1cccc(N2CCN(CC(=O)NC(=O)Nc3ccccc3)CC2)c1. The van der Waals surface area contributed by atoms with E-state index in [1.54, 1.807) is 12.1 Å². The number of nitrogens with zero attached hydrogens (tertiary/aromatic N) is 2. The summed E-state index contributed by atoms with van der Waals surface area (Å²) in [6, 6.07) is 17.0. The number of amides is 3.